The highest BCUT2D eigenvalue weighted by Gasteiger charge is 2.32. The van der Waals surface area contributed by atoms with Crippen LogP contribution < -0.4 is 5.32 Å². The van der Waals surface area contributed by atoms with Crippen molar-refractivity contribution >= 4 is 22.7 Å². The van der Waals surface area contributed by atoms with Crippen LogP contribution in [0.4, 0.5) is 0 Å². The second-order valence-electron chi connectivity index (χ2n) is 5.01. The Hall–Kier alpha value is -2.21. The van der Waals surface area contributed by atoms with Crippen molar-refractivity contribution in [3.05, 3.63) is 30.0 Å². The van der Waals surface area contributed by atoms with Crippen LogP contribution in [-0.4, -0.2) is 39.1 Å². The molecule has 1 aromatic heterocycles. The molecule has 0 bridgehead atoms. The Morgan fingerprint density at radius 3 is 2.90 bits per heavy atom. The summed E-state index contributed by atoms with van der Waals surface area (Å²) in [6.45, 7) is 2.18. The third-order valence-electron chi connectivity index (χ3n) is 3.64. The van der Waals surface area contributed by atoms with Gasteiger partial charge in [0, 0.05) is 12.4 Å². The van der Waals surface area contributed by atoms with Crippen LogP contribution >= 0.6 is 0 Å². The van der Waals surface area contributed by atoms with E-state index in [4.69, 9.17) is 0 Å². The summed E-state index contributed by atoms with van der Waals surface area (Å²) in [7, 11) is 1.86. The number of aryl methyl sites for hydroxylation is 1. The number of hydrogen-bond donors (Lipinski definition) is 1. The van der Waals surface area contributed by atoms with Gasteiger partial charge in [0.25, 0.3) is 0 Å². The topological polar surface area (TPSA) is 67.2 Å². The third-order valence-corrected chi connectivity index (χ3v) is 3.64. The zero-order valence-corrected chi connectivity index (χ0v) is 11.5. The number of benzene rings is 1. The van der Waals surface area contributed by atoms with Crippen molar-refractivity contribution < 1.29 is 9.59 Å². The van der Waals surface area contributed by atoms with Crippen molar-refractivity contribution in [1.29, 1.82) is 0 Å². The SMILES string of the molecule is CC1NCC(=O)N(Cc2nn(C)c3ccccc23)C1=O. The third kappa shape index (κ3) is 1.98. The normalized spacial score (nSPS) is 19.9. The number of carbonyl (C=O) groups excluding carboxylic acids is 2. The molecule has 2 heterocycles. The maximum Gasteiger partial charge on any atom is 0.246 e. The number of aromatic nitrogens is 2. The molecule has 1 fully saturated rings. The maximum absolute atomic E-state index is 12.1. The Morgan fingerprint density at radius 1 is 1.35 bits per heavy atom. The molecule has 0 aliphatic carbocycles. The van der Waals surface area contributed by atoms with Crippen LogP contribution in [0.15, 0.2) is 24.3 Å². The predicted octanol–water partition coefficient (Wildman–Crippen LogP) is 0.420. The Morgan fingerprint density at radius 2 is 2.10 bits per heavy atom. The van der Waals surface area contributed by atoms with E-state index < -0.39 is 0 Å². The second-order valence-corrected chi connectivity index (χ2v) is 5.01. The number of piperazine rings is 1. The minimum absolute atomic E-state index is 0.192. The summed E-state index contributed by atoms with van der Waals surface area (Å²) >= 11 is 0. The average molecular weight is 272 g/mol. The van der Waals surface area contributed by atoms with Gasteiger partial charge in [0.2, 0.25) is 11.8 Å². The molecule has 2 amide bonds. The lowest BCUT2D eigenvalue weighted by Gasteiger charge is -2.29. The molecule has 104 valence electrons. The fourth-order valence-electron chi connectivity index (χ4n) is 2.50. The van der Waals surface area contributed by atoms with Crippen molar-refractivity contribution in [2.45, 2.75) is 19.5 Å². The minimum atomic E-state index is -0.331. The van der Waals surface area contributed by atoms with Gasteiger partial charge >= 0.3 is 0 Å². The molecule has 1 aliphatic rings. The summed E-state index contributed by atoms with van der Waals surface area (Å²) in [4.78, 5) is 25.3. The second kappa shape index (κ2) is 4.72. The van der Waals surface area contributed by atoms with E-state index in [1.807, 2.05) is 31.3 Å². The zero-order valence-electron chi connectivity index (χ0n) is 11.5. The van der Waals surface area contributed by atoms with Gasteiger partial charge in [-0.15, -0.1) is 0 Å². The van der Waals surface area contributed by atoms with E-state index in [1.165, 1.54) is 4.90 Å². The number of fused-ring (bicyclic) bond motifs is 1. The van der Waals surface area contributed by atoms with E-state index in [9.17, 15) is 9.59 Å². The molecule has 1 aromatic carbocycles. The van der Waals surface area contributed by atoms with Crippen LogP contribution in [0, 0.1) is 0 Å². The van der Waals surface area contributed by atoms with E-state index in [0.29, 0.717) is 0 Å². The fraction of sp³-hybridized carbons (Fsp3) is 0.357. The molecule has 2 aromatic rings. The Balaban J connectivity index is 1.96. The number of para-hydroxylation sites is 1. The predicted molar refractivity (Wildman–Crippen MR) is 73.7 cm³/mol. The number of nitrogens with one attached hydrogen (secondary N) is 1. The lowest BCUT2D eigenvalue weighted by Crippen LogP contribution is -2.56. The van der Waals surface area contributed by atoms with Crippen LogP contribution in [0.2, 0.25) is 0 Å². The van der Waals surface area contributed by atoms with E-state index in [1.54, 1.807) is 11.6 Å². The van der Waals surface area contributed by atoms with E-state index in [2.05, 4.69) is 10.4 Å². The minimum Gasteiger partial charge on any atom is -0.298 e. The van der Waals surface area contributed by atoms with Crippen LogP contribution in [0.5, 0.6) is 0 Å². The molecule has 6 heteroatoms. The monoisotopic (exact) mass is 272 g/mol. The van der Waals surface area contributed by atoms with E-state index >= 15 is 0 Å². The summed E-state index contributed by atoms with van der Waals surface area (Å²) in [5.41, 5.74) is 1.74. The standard InChI is InChI=1S/C14H16N4O2/c1-9-14(20)18(13(19)7-15-9)8-11-10-5-3-4-6-12(10)17(2)16-11/h3-6,9,15H,7-8H2,1-2H3. The highest BCUT2D eigenvalue weighted by molar-refractivity contribution is 6.01. The van der Waals surface area contributed by atoms with E-state index in [0.717, 1.165) is 16.6 Å². The van der Waals surface area contributed by atoms with Crippen LogP contribution in [-0.2, 0) is 23.2 Å². The van der Waals surface area contributed by atoms with Crippen LogP contribution in [0.1, 0.15) is 12.6 Å². The highest BCUT2D eigenvalue weighted by atomic mass is 16.2. The van der Waals surface area contributed by atoms with E-state index in [-0.39, 0.29) is 30.9 Å². The molecule has 1 atom stereocenters. The van der Waals surface area contributed by atoms with Gasteiger partial charge in [-0.25, -0.2) is 0 Å². The van der Waals surface area contributed by atoms with Gasteiger partial charge in [-0.05, 0) is 13.0 Å². The van der Waals surface area contributed by atoms with Crippen molar-refractivity contribution in [3.8, 4) is 0 Å². The maximum atomic E-state index is 12.1. The van der Waals surface area contributed by atoms with Crippen LogP contribution in [0.25, 0.3) is 10.9 Å². The summed E-state index contributed by atoms with van der Waals surface area (Å²) in [6.07, 6.45) is 0. The van der Waals surface area contributed by atoms with Gasteiger partial charge < -0.3 is 0 Å². The highest BCUT2D eigenvalue weighted by Crippen LogP contribution is 2.19. The molecule has 1 aliphatic heterocycles. The first-order chi connectivity index (χ1) is 9.58. The largest absolute Gasteiger partial charge is 0.298 e. The van der Waals surface area contributed by atoms with Gasteiger partial charge in [-0.2, -0.15) is 5.10 Å². The number of nitrogens with zero attached hydrogens (tertiary/aromatic N) is 3. The number of amides is 2. The Bertz CT molecular complexity index is 692. The van der Waals surface area contributed by atoms with Gasteiger partial charge in [0.05, 0.1) is 30.3 Å². The number of hydrogen-bond acceptors (Lipinski definition) is 4. The smallest absolute Gasteiger partial charge is 0.246 e. The van der Waals surface area contributed by atoms with Gasteiger partial charge in [0.15, 0.2) is 0 Å². The molecule has 0 spiro atoms. The lowest BCUT2D eigenvalue weighted by atomic mass is 10.1. The molecule has 6 nitrogen and oxygen atoms in total. The molecule has 0 radical (unpaired) electrons. The number of imide groups is 1. The molecule has 1 saturated heterocycles. The Labute approximate surface area is 116 Å². The van der Waals surface area contributed by atoms with Crippen LogP contribution in [0.3, 0.4) is 0 Å². The summed E-state index contributed by atoms with van der Waals surface area (Å²) in [5.74, 6) is -0.404. The molecule has 20 heavy (non-hydrogen) atoms. The number of carbonyl (C=O) groups is 2. The van der Waals surface area contributed by atoms with Crippen molar-refractivity contribution in [3.63, 3.8) is 0 Å². The first kappa shape index (κ1) is 12.8. The Kier molecular flexibility index (Phi) is 3.02. The lowest BCUT2D eigenvalue weighted by molar-refractivity contribution is -0.149. The van der Waals surface area contributed by atoms with Gasteiger partial charge in [-0.1, -0.05) is 18.2 Å². The quantitative estimate of drug-likeness (QED) is 0.805. The summed E-state index contributed by atoms with van der Waals surface area (Å²) in [5, 5.41) is 8.28. The number of rotatable bonds is 2. The molecule has 1 N–H and O–H groups in total. The molecule has 3 rings (SSSR count). The molecular weight excluding hydrogens is 256 g/mol. The van der Waals surface area contributed by atoms with Crippen molar-refractivity contribution in [2.75, 3.05) is 6.54 Å². The van der Waals surface area contributed by atoms with Crippen molar-refractivity contribution in [2.24, 2.45) is 7.05 Å². The molecule has 1 unspecified atom stereocenters. The summed E-state index contributed by atoms with van der Waals surface area (Å²) < 4.78 is 1.77. The first-order valence-electron chi connectivity index (χ1n) is 6.56. The zero-order chi connectivity index (χ0) is 14.3. The molecular formula is C14H16N4O2. The fourth-order valence-corrected chi connectivity index (χ4v) is 2.50. The summed E-state index contributed by atoms with van der Waals surface area (Å²) in [6, 6.07) is 7.46. The van der Waals surface area contributed by atoms with Crippen molar-refractivity contribution in [1.82, 2.24) is 20.0 Å². The average Bonchev–Trinajstić information content (AvgIpc) is 2.77. The van der Waals surface area contributed by atoms with Gasteiger partial charge in [0.1, 0.15) is 0 Å². The molecule has 0 saturated carbocycles. The van der Waals surface area contributed by atoms with Gasteiger partial charge in [-0.3, -0.25) is 24.5 Å². The first-order valence-corrected chi connectivity index (χ1v) is 6.56.